The predicted octanol–water partition coefficient (Wildman–Crippen LogP) is 2.82. The Kier molecular flexibility index (Phi) is 7.56. The van der Waals surface area contributed by atoms with Gasteiger partial charge in [-0.15, -0.1) is 0 Å². The first-order valence-corrected chi connectivity index (χ1v) is 10.00. The van der Waals surface area contributed by atoms with E-state index in [9.17, 15) is 35.9 Å². The van der Waals surface area contributed by atoms with Crippen molar-refractivity contribution in [3.8, 4) is 6.07 Å². The van der Waals surface area contributed by atoms with Gasteiger partial charge in [0.25, 0.3) is 5.91 Å². The smallest absolute Gasteiger partial charge is 0.379 e. The lowest BCUT2D eigenvalue weighted by Crippen LogP contribution is -2.46. The Morgan fingerprint density at radius 2 is 1.96 bits per heavy atom. The first-order chi connectivity index (χ1) is 12.7. The van der Waals surface area contributed by atoms with Gasteiger partial charge in [-0.05, 0) is 44.9 Å². The molecule has 0 aromatic heterocycles. The minimum atomic E-state index is -4.84. The van der Waals surface area contributed by atoms with Crippen LogP contribution in [0, 0.1) is 11.3 Å². The molecule has 0 bridgehead atoms. The Labute approximate surface area is 160 Å². The number of rotatable bonds is 8. The van der Waals surface area contributed by atoms with Crippen LogP contribution >= 0.6 is 0 Å². The van der Waals surface area contributed by atoms with Gasteiger partial charge in [0.2, 0.25) is 0 Å². The SMILES string of the molecule is CC(F)CCCS(=O)(=O)CC(C)(O)C(=O)Nc1ccc(C#N)c(C(F)(F)F)c1. The summed E-state index contributed by atoms with van der Waals surface area (Å²) in [6, 6.07) is 3.78. The number of aliphatic hydroxyl groups is 1. The molecule has 1 amide bonds. The molecule has 0 heterocycles. The highest BCUT2D eigenvalue weighted by molar-refractivity contribution is 7.91. The Morgan fingerprint density at radius 1 is 1.36 bits per heavy atom. The molecule has 0 aliphatic heterocycles. The molecule has 2 atom stereocenters. The number of anilines is 1. The molecule has 2 N–H and O–H groups in total. The van der Waals surface area contributed by atoms with E-state index in [0.717, 1.165) is 19.1 Å². The summed E-state index contributed by atoms with van der Waals surface area (Å²) in [5.41, 5.74) is -4.71. The third kappa shape index (κ3) is 7.09. The molecule has 0 saturated heterocycles. The molecule has 2 unspecified atom stereocenters. The first kappa shape index (κ1) is 23.8. The summed E-state index contributed by atoms with van der Waals surface area (Å²) < 4.78 is 75.7. The third-order valence-corrected chi connectivity index (χ3v) is 5.66. The van der Waals surface area contributed by atoms with Crippen molar-refractivity contribution in [2.45, 2.75) is 44.6 Å². The summed E-state index contributed by atoms with van der Waals surface area (Å²) in [6.45, 7) is 2.18. The quantitative estimate of drug-likeness (QED) is 0.624. The molecule has 0 radical (unpaired) electrons. The summed E-state index contributed by atoms with van der Waals surface area (Å²) in [4.78, 5) is 12.2. The second-order valence-corrected chi connectivity index (χ2v) is 8.80. The molecule has 0 spiro atoms. The zero-order valence-corrected chi connectivity index (χ0v) is 16.0. The highest BCUT2D eigenvalue weighted by Gasteiger charge is 2.37. The van der Waals surface area contributed by atoms with Gasteiger partial charge >= 0.3 is 6.18 Å². The van der Waals surface area contributed by atoms with Gasteiger partial charge < -0.3 is 10.4 Å². The van der Waals surface area contributed by atoms with Crippen LogP contribution in [0.15, 0.2) is 18.2 Å². The van der Waals surface area contributed by atoms with Gasteiger partial charge in [-0.25, -0.2) is 12.8 Å². The monoisotopic (exact) mass is 424 g/mol. The summed E-state index contributed by atoms with van der Waals surface area (Å²) in [6.07, 6.45) is -6.04. The lowest BCUT2D eigenvalue weighted by molar-refractivity contribution is -0.137. The molecule has 28 heavy (non-hydrogen) atoms. The normalized spacial score (nSPS) is 15.4. The van der Waals surface area contributed by atoms with E-state index in [2.05, 4.69) is 0 Å². The van der Waals surface area contributed by atoms with Crippen molar-refractivity contribution in [1.29, 1.82) is 5.26 Å². The van der Waals surface area contributed by atoms with Crippen LogP contribution in [0.3, 0.4) is 0 Å². The van der Waals surface area contributed by atoms with Crippen LogP contribution in [0.4, 0.5) is 23.2 Å². The standard InChI is InChI=1S/C17H20F4N2O4S/c1-11(18)4-3-7-28(26,27)10-16(2,25)15(24)23-13-6-5-12(9-22)14(8-13)17(19,20)21/h5-6,8,11,25H,3-4,7,10H2,1-2H3,(H,23,24). The molecular weight excluding hydrogens is 404 g/mol. The van der Waals surface area contributed by atoms with Gasteiger partial charge in [-0.3, -0.25) is 4.79 Å². The number of nitrogens with zero attached hydrogens (tertiary/aromatic N) is 1. The molecule has 0 aliphatic carbocycles. The van der Waals surface area contributed by atoms with E-state index in [1.807, 2.05) is 5.32 Å². The lowest BCUT2D eigenvalue weighted by atomic mass is 10.1. The van der Waals surface area contributed by atoms with Crippen molar-refractivity contribution in [2.24, 2.45) is 0 Å². The largest absolute Gasteiger partial charge is 0.417 e. The topological polar surface area (TPSA) is 107 Å². The van der Waals surface area contributed by atoms with E-state index >= 15 is 0 Å². The average molecular weight is 424 g/mol. The molecule has 156 valence electrons. The molecule has 0 aliphatic rings. The van der Waals surface area contributed by atoms with E-state index < -0.39 is 56.3 Å². The van der Waals surface area contributed by atoms with Crippen molar-refractivity contribution < 1.29 is 35.9 Å². The Bertz CT molecular complexity index is 859. The van der Waals surface area contributed by atoms with Gasteiger partial charge in [0.15, 0.2) is 15.4 Å². The van der Waals surface area contributed by atoms with E-state index in [4.69, 9.17) is 5.26 Å². The summed E-state index contributed by atoms with van der Waals surface area (Å²) in [5, 5.41) is 20.9. The van der Waals surface area contributed by atoms with E-state index in [-0.39, 0.29) is 18.5 Å². The minimum absolute atomic E-state index is 0.000963. The molecule has 0 saturated carbocycles. The number of sulfone groups is 1. The fourth-order valence-corrected chi connectivity index (χ4v) is 4.11. The van der Waals surface area contributed by atoms with Crippen molar-refractivity contribution in [2.75, 3.05) is 16.8 Å². The lowest BCUT2D eigenvalue weighted by Gasteiger charge is -2.22. The highest BCUT2D eigenvalue weighted by Crippen LogP contribution is 2.33. The van der Waals surface area contributed by atoms with Gasteiger partial charge in [-0.2, -0.15) is 18.4 Å². The molecule has 6 nitrogen and oxygen atoms in total. The maximum atomic E-state index is 13.0. The van der Waals surface area contributed by atoms with Crippen molar-refractivity contribution in [3.05, 3.63) is 29.3 Å². The summed E-state index contributed by atoms with van der Waals surface area (Å²) in [5.74, 6) is -2.65. The number of nitrogens with one attached hydrogen (secondary N) is 1. The van der Waals surface area contributed by atoms with Crippen molar-refractivity contribution >= 4 is 21.4 Å². The van der Waals surface area contributed by atoms with Gasteiger partial charge in [0.05, 0.1) is 34.9 Å². The minimum Gasteiger partial charge on any atom is -0.379 e. The molecular formula is C17H20F4N2O4S. The molecule has 1 aromatic carbocycles. The first-order valence-electron chi connectivity index (χ1n) is 8.17. The van der Waals surface area contributed by atoms with Gasteiger partial charge in [-0.1, -0.05) is 0 Å². The predicted molar refractivity (Wildman–Crippen MR) is 93.9 cm³/mol. The van der Waals surface area contributed by atoms with Crippen molar-refractivity contribution in [3.63, 3.8) is 0 Å². The molecule has 1 rings (SSSR count). The Morgan fingerprint density at radius 3 is 2.46 bits per heavy atom. The number of alkyl halides is 4. The summed E-state index contributed by atoms with van der Waals surface area (Å²) >= 11 is 0. The summed E-state index contributed by atoms with van der Waals surface area (Å²) in [7, 11) is -3.91. The Balaban J connectivity index is 2.93. The van der Waals surface area contributed by atoms with Gasteiger partial charge in [0.1, 0.15) is 0 Å². The van der Waals surface area contributed by atoms with Crippen molar-refractivity contribution in [1.82, 2.24) is 0 Å². The van der Waals surface area contributed by atoms with Crippen LogP contribution in [-0.4, -0.2) is 42.7 Å². The Hall–Kier alpha value is -2.19. The molecule has 0 fully saturated rings. The number of carbonyl (C=O) groups excluding carboxylic acids is 1. The zero-order chi connectivity index (χ0) is 21.8. The zero-order valence-electron chi connectivity index (χ0n) is 15.2. The van der Waals surface area contributed by atoms with E-state index in [1.54, 1.807) is 0 Å². The van der Waals surface area contributed by atoms with Crippen LogP contribution in [-0.2, 0) is 20.8 Å². The second-order valence-electron chi connectivity index (χ2n) is 6.61. The van der Waals surface area contributed by atoms with Crippen LogP contribution < -0.4 is 5.32 Å². The van der Waals surface area contributed by atoms with Crippen LogP contribution in [0.25, 0.3) is 0 Å². The molecule has 11 heteroatoms. The third-order valence-electron chi connectivity index (χ3n) is 3.75. The van der Waals surface area contributed by atoms with E-state index in [1.165, 1.54) is 13.0 Å². The fourth-order valence-electron chi connectivity index (χ4n) is 2.37. The average Bonchev–Trinajstić information content (AvgIpc) is 2.52. The number of amides is 1. The van der Waals surface area contributed by atoms with Crippen LogP contribution in [0.5, 0.6) is 0 Å². The maximum absolute atomic E-state index is 13.0. The van der Waals surface area contributed by atoms with Crippen LogP contribution in [0.1, 0.15) is 37.8 Å². The number of nitriles is 1. The second kappa shape index (κ2) is 8.87. The van der Waals surface area contributed by atoms with Crippen LogP contribution in [0.2, 0.25) is 0 Å². The number of carbonyl (C=O) groups is 1. The maximum Gasteiger partial charge on any atom is 0.417 e. The van der Waals surface area contributed by atoms with E-state index in [0.29, 0.717) is 6.07 Å². The highest BCUT2D eigenvalue weighted by atomic mass is 32.2. The fraction of sp³-hybridized carbons (Fsp3) is 0.529. The number of hydrogen-bond donors (Lipinski definition) is 2. The number of hydrogen-bond acceptors (Lipinski definition) is 5. The number of halogens is 4. The molecule has 1 aromatic rings. The number of benzene rings is 1. The van der Waals surface area contributed by atoms with Gasteiger partial charge in [0, 0.05) is 5.69 Å².